The first-order chi connectivity index (χ1) is 9.67. The monoisotopic (exact) mass is 309 g/mol. The standard InChI is InChI=1S/C14H13Cl2N3O/c1-9-6-11(18-20-9)8-19-13-3-2-10(16)7-12(13)17-14(19)4-5-15/h2-3,6-7H,4-5,8H2,1H3. The van der Waals surface area contributed by atoms with Crippen molar-refractivity contribution >= 4 is 34.2 Å². The van der Waals surface area contributed by atoms with E-state index in [0.29, 0.717) is 23.9 Å². The molecule has 0 radical (unpaired) electrons. The Morgan fingerprint density at radius 1 is 1.30 bits per heavy atom. The summed E-state index contributed by atoms with van der Waals surface area (Å²) in [6.45, 7) is 2.49. The van der Waals surface area contributed by atoms with E-state index < -0.39 is 0 Å². The van der Waals surface area contributed by atoms with Crippen molar-refractivity contribution in [3.63, 3.8) is 0 Å². The summed E-state index contributed by atoms with van der Waals surface area (Å²) < 4.78 is 7.22. The van der Waals surface area contributed by atoms with Gasteiger partial charge in [-0.15, -0.1) is 11.6 Å². The number of nitrogens with zero attached hydrogens (tertiary/aromatic N) is 3. The number of alkyl halides is 1. The Morgan fingerprint density at radius 2 is 2.15 bits per heavy atom. The van der Waals surface area contributed by atoms with Gasteiger partial charge >= 0.3 is 0 Å². The normalized spacial score (nSPS) is 11.3. The molecule has 0 aliphatic heterocycles. The fourth-order valence-electron chi connectivity index (χ4n) is 2.26. The Morgan fingerprint density at radius 3 is 2.85 bits per heavy atom. The van der Waals surface area contributed by atoms with Gasteiger partial charge in [-0.1, -0.05) is 16.8 Å². The molecule has 0 aliphatic carbocycles. The first-order valence-corrected chi connectivity index (χ1v) is 7.21. The van der Waals surface area contributed by atoms with Gasteiger partial charge in [0, 0.05) is 23.4 Å². The highest BCUT2D eigenvalue weighted by Gasteiger charge is 2.12. The molecule has 0 fully saturated rings. The van der Waals surface area contributed by atoms with Crippen LogP contribution in [0.25, 0.3) is 11.0 Å². The lowest BCUT2D eigenvalue weighted by molar-refractivity contribution is 0.389. The molecule has 0 saturated heterocycles. The first-order valence-electron chi connectivity index (χ1n) is 6.30. The van der Waals surface area contributed by atoms with Crippen LogP contribution in [0.5, 0.6) is 0 Å². The van der Waals surface area contributed by atoms with Crippen LogP contribution >= 0.6 is 23.2 Å². The van der Waals surface area contributed by atoms with Gasteiger partial charge in [0.2, 0.25) is 0 Å². The van der Waals surface area contributed by atoms with Crippen LogP contribution < -0.4 is 0 Å². The number of imidazole rings is 1. The van der Waals surface area contributed by atoms with Crippen molar-refractivity contribution in [3.05, 3.63) is 46.6 Å². The summed E-state index contributed by atoms with van der Waals surface area (Å²) >= 11 is 11.9. The maximum Gasteiger partial charge on any atom is 0.133 e. The summed E-state index contributed by atoms with van der Waals surface area (Å²) in [6, 6.07) is 7.61. The highest BCUT2D eigenvalue weighted by molar-refractivity contribution is 6.31. The lowest BCUT2D eigenvalue weighted by atomic mass is 10.3. The van der Waals surface area contributed by atoms with Gasteiger partial charge in [0.25, 0.3) is 0 Å². The highest BCUT2D eigenvalue weighted by atomic mass is 35.5. The average molecular weight is 310 g/mol. The molecule has 0 spiro atoms. The SMILES string of the molecule is Cc1cc(Cn2c(CCCl)nc3cc(Cl)ccc32)no1. The largest absolute Gasteiger partial charge is 0.361 e. The molecule has 0 amide bonds. The van der Waals surface area contributed by atoms with Gasteiger partial charge in [-0.25, -0.2) is 4.98 Å². The third kappa shape index (κ3) is 2.53. The smallest absolute Gasteiger partial charge is 0.133 e. The second-order valence-electron chi connectivity index (χ2n) is 4.62. The summed E-state index contributed by atoms with van der Waals surface area (Å²) in [7, 11) is 0. The minimum Gasteiger partial charge on any atom is -0.361 e. The Bertz CT molecular complexity index is 748. The van der Waals surface area contributed by atoms with Gasteiger partial charge in [0.05, 0.1) is 17.6 Å². The fraction of sp³-hybridized carbons (Fsp3) is 0.286. The van der Waals surface area contributed by atoms with E-state index in [2.05, 4.69) is 14.7 Å². The molecule has 3 aromatic rings. The van der Waals surface area contributed by atoms with Crippen LogP contribution in [0.2, 0.25) is 5.02 Å². The molecule has 0 saturated carbocycles. The zero-order chi connectivity index (χ0) is 14.1. The van der Waals surface area contributed by atoms with Crippen LogP contribution in [0.15, 0.2) is 28.8 Å². The van der Waals surface area contributed by atoms with E-state index >= 15 is 0 Å². The maximum absolute atomic E-state index is 6.02. The lowest BCUT2D eigenvalue weighted by Gasteiger charge is -2.05. The summed E-state index contributed by atoms with van der Waals surface area (Å²) in [6.07, 6.45) is 0.699. The second-order valence-corrected chi connectivity index (χ2v) is 5.43. The Balaban J connectivity index is 2.08. The summed E-state index contributed by atoms with van der Waals surface area (Å²) in [5.74, 6) is 2.25. The molecular weight excluding hydrogens is 297 g/mol. The van der Waals surface area contributed by atoms with Crippen molar-refractivity contribution < 1.29 is 4.52 Å². The topological polar surface area (TPSA) is 43.9 Å². The highest BCUT2D eigenvalue weighted by Crippen LogP contribution is 2.22. The van der Waals surface area contributed by atoms with Gasteiger partial charge in [-0.2, -0.15) is 0 Å². The van der Waals surface area contributed by atoms with E-state index in [9.17, 15) is 0 Å². The van der Waals surface area contributed by atoms with Crippen molar-refractivity contribution in [3.8, 4) is 0 Å². The molecule has 3 rings (SSSR count). The van der Waals surface area contributed by atoms with Crippen molar-refractivity contribution in [2.24, 2.45) is 0 Å². The van der Waals surface area contributed by atoms with E-state index in [0.717, 1.165) is 28.3 Å². The van der Waals surface area contributed by atoms with Gasteiger partial charge < -0.3 is 9.09 Å². The van der Waals surface area contributed by atoms with Crippen LogP contribution in [0.1, 0.15) is 17.3 Å². The van der Waals surface area contributed by atoms with E-state index in [-0.39, 0.29) is 0 Å². The van der Waals surface area contributed by atoms with Crippen LogP contribution in [0.4, 0.5) is 0 Å². The summed E-state index contributed by atoms with van der Waals surface area (Å²) in [5.41, 5.74) is 2.76. The maximum atomic E-state index is 6.02. The molecule has 0 bridgehead atoms. The molecule has 0 N–H and O–H groups in total. The number of rotatable bonds is 4. The average Bonchev–Trinajstić information content (AvgIpc) is 2.95. The third-order valence-corrected chi connectivity index (χ3v) is 3.53. The Hall–Kier alpha value is -1.52. The first kappa shape index (κ1) is 13.5. The van der Waals surface area contributed by atoms with Gasteiger partial charge in [-0.3, -0.25) is 0 Å². The van der Waals surface area contributed by atoms with E-state index in [1.165, 1.54) is 0 Å². The molecule has 6 heteroatoms. The van der Waals surface area contributed by atoms with Gasteiger partial charge in [0.15, 0.2) is 0 Å². The van der Waals surface area contributed by atoms with Crippen LogP contribution in [-0.4, -0.2) is 20.6 Å². The number of hydrogen-bond acceptors (Lipinski definition) is 3. The van der Waals surface area contributed by atoms with Crippen LogP contribution in [0.3, 0.4) is 0 Å². The number of benzene rings is 1. The predicted molar refractivity (Wildman–Crippen MR) is 79.5 cm³/mol. The molecule has 4 nitrogen and oxygen atoms in total. The Kier molecular flexibility index (Phi) is 3.68. The molecule has 2 heterocycles. The van der Waals surface area contributed by atoms with Crippen LogP contribution in [-0.2, 0) is 13.0 Å². The number of hydrogen-bond donors (Lipinski definition) is 0. The third-order valence-electron chi connectivity index (χ3n) is 3.10. The fourth-order valence-corrected chi connectivity index (χ4v) is 2.59. The Labute approximate surface area is 126 Å². The number of aromatic nitrogens is 3. The van der Waals surface area contributed by atoms with Gasteiger partial charge in [-0.05, 0) is 25.1 Å². The molecule has 1 aromatic carbocycles. The zero-order valence-electron chi connectivity index (χ0n) is 10.9. The molecule has 20 heavy (non-hydrogen) atoms. The molecule has 0 atom stereocenters. The van der Waals surface area contributed by atoms with Crippen LogP contribution in [0, 0.1) is 6.92 Å². The van der Waals surface area contributed by atoms with E-state index in [1.54, 1.807) is 0 Å². The lowest BCUT2D eigenvalue weighted by Crippen LogP contribution is -2.06. The number of aryl methyl sites for hydroxylation is 2. The minimum atomic E-state index is 0.523. The number of halogens is 2. The van der Waals surface area contributed by atoms with Crippen molar-refractivity contribution in [1.82, 2.24) is 14.7 Å². The minimum absolute atomic E-state index is 0.523. The zero-order valence-corrected chi connectivity index (χ0v) is 12.4. The van der Waals surface area contributed by atoms with E-state index in [1.807, 2.05) is 31.2 Å². The van der Waals surface area contributed by atoms with E-state index in [4.69, 9.17) is 27.7 Å². The second kappa shape index (κ2) is 5.46. The molecule has 0 aliphatic rings. The molecular formula is C14H13Cl2N3O. The molecule has 104 valence electrons. The number of fused-ring (bicyclic) bond motifs is 1. The molecule has 2 aromatic heterocycles. The molecule has 0 unspecified atom stereocenters. The van der Waals surface area contributed by atoms with Crippen molar-refractivity contribution in [2.75, 3.05) is 5.88 Å². The quantitative estimate of drug-likeness (QED) is 0.688. The predicted octanol–water partition coefficient (Wildman–Crippen LogP) is 3.82. The summed E-state index contributed by atoms with van der Waals surface area (Å²) in [5, 5.41) is 4.71. The van der Waals surface area contributed by atoms with Gasteiger partial charge in [0.1, 0.15) is 17.3 Å². The summed E-state index contributed by atoms with van der Waals surface area (Å²) in [4.78, 5) is 4.60. The van der Waals surface area contributed by atoms with Crippen molar-refractivity contribution in [1.29, 1.82) is 0 Å². The van der Waals surface area contributed by atoms with Crippen molar-refractivity contribution in [2.45, 2.75) is 19.9 Å².